The predicted molar refractivity (Wildman–Crippen MR) is 52.8 cm³/mol. The van der Waals surface area contributed by atoms with Crippen molar-refractivity contribution in [2.75, 3.05) is 0 Å². The van der Waals surface area contributed by atoms with Crippen molar-refractivity contribution in [3.05, 3.63) is 28.6 Å². The van der Waals surface area contributed by atoms with E-state index >= 15 is 0 Å². The van der Waals surface area contributed by atoms with E-state index in [1.807, 2.05) is 6.07 Å². The van der Waals surface area contributed by atoms with Gasteiger partial charge in [0.25, 0.3) is 6.43 Å². The minimum atomic E-state index is -2.58. The minimum absolute atomic E-state index is 0.00640. The van der Waals surface area contributed by atoms with Crippen LogP contribution in [0.2, 0.25) is 0 Å². The molecule has 80 valence electrons. The Morgan fingerprint density at radius 2 is 2.27 bits per heavy atom. The number of hydrogen-bond acceptors (Lipinski definition) is 2. The Hall–Kier alpha value is -1.21. The first-order valence-electron chi connectivity index (χ1n) is 4.30. The summed E-state index contributed by atoms with van der Waals surface area (Å²) in [5.74, 6) is 0.00640. The second-order valence-corrected chi connectivity index (χ2v) is 3.30. The van der Waals surface area contributed by atoms with E-state index in [2.05, 4.69) is 4.98 Å². The molecule has 0 bridgehead atoms. The van der Waals surface area contributed by atoms with E-state index in [-0.39, 0.29) is 17.9 Å². The van der Waals surface area contributed by atoms with E-state index in [0.717, 1.165) is 6.20 Å². The highest BCUT2D eigenvalue weighted by Gasteiger charge is 2.17. The number of alkyl halides is 3. The van der Waals surface area contributed by atoms with Crippen LogP contribution in [0.4, 0.5) is 8.78 Å². The van der Waals surface area contributed by atoms with Gasteiger partial charge in [-0.25, -0.2) is 8.78 Å². The second kappa shape index (κ2) is 5.04. The molecule has 1 heterocycles. The molecular weight excluding hydrogens is 222 g/mol. The molecule has 15 heavy (non-hydrogen) atoms. The number of pyridine rings is 1. The molecule has 1 rings (SSSR count). The molecule has 1 aromatic heterocycles. The van der Waals surface area contributed by atoms with Gasteiger partial charge in [0.2, 0.25) is 0 Å². The Balaban J connectivity index is 3.27. The SMILES string of the molecule is Cc1c(CC#N)ncc(C(F)F)c1CCl. The highest BCUT2D eigenvalue weighted by atomic mass is 35.5. The van der Waals surface area contributed by atoms with Crippen molar-refractivity contribution in [1.29, 1.82) is 5.26 Å². The average Bonchev–Trinajstić information content (AvgIpc) is 2.20. The summed E-state index contributed by atoms with van der Waals surface area (Å²) in [4.78, 5) is 3.84. The fourth-order valence-electron chi connectivity index (χ4n) is 1.33. The molecule has 0 unspecified atom stereocenters. The van der Waals surface area contributed by atoms with Gasteiger partial charge in [-0.2, -0.15) is 5.26 Å². The smallest absolute Gasteiger partial charge is 0.259 e. The molecule has 0 amide bonds. The summed E-state index contributed by atoms with van der Waals surface area (Å²) in [6, 6.07) is 1.93. The van der Waals surface area contributed by atoms with Gasteiger partial charge >= 0.3 is 0 Å². The molecule has 0 N–H and O–H groups in total. The summed E-state index contributed by atoms with van der Waals surface area (Å²) in [6.45, 7) is 1.66. The fourth-order valence-corrected chi connectivity index (χ4v) is 1.69. The zero-order valence-electron chi connectivity index (χ0n) is 8.10. The normalized spacial score (nSPS) is 10.4. The Bertz CT molecular complexity index is 399. The Labute approximate surface area is 91.5 Å². The van der Waals surface area contributed by atoms with Gasteiger partial charge in [0.05, 0.1) is 18.2 Å². The van der Waals surface area contributed by atoms with Gasteiger partial charge in [-0.05, 0) is 18.1 Å². The van der Waals surface area contributed by atoms with Crippen molar-refractivity contribution < 1.29 is 8.78 Å². The van der Waals surface area contributed by atoms with Crippen LogP contribution in [0, 0.1) is 18.3 Å². The summed E-state index contributed by atoms with van der Waals surface area (Å²) < 4.78 is 25.1. The zero-order chi connectivity index (χ0) is 11.4. The summed E-state index contributed by atoms with van der Waals surface area (Å²) >= 11 is 5.61. The third-order valence-electron chi connectivity index (χ3n) is 2.21. The lowest BCUT2D eigenvalue weighted by molar-refractivity contribution is 0.150. The third-order valence-corrected chi connectivity index (χ3v) is 2.48. The molecule has 0 aliphatic heterocycles. The van der Waals surface area contributed by atoms with Crippen LogP contribution in [0.5, 0.6) is 0 Å². The molecule has 0 fully saturated rings. The molecule has 0 saturated heterocycles. The van der Waals surface area contributed by atoms with Crippen LogP contribution in [0.25, 0.3) is 0 Å². The predicted octanol–water partition coefficient (Wildman–Crippen LogP) is 3.13. The van der Waals surface area contributed by atoms with Crippen LogP contribution in [0.3, 0.4) is 0 Å². The van der Waals surface area contributed by atoms with Gasteiger partial charge in [-0.1, -0.05) is 0 Å². The van der Waals surface area contributed by atoms with Crippen molar-refractivity contribution in [2.24, 2.45) is 0 Å². The number of rotatable bonds is 3. The molecular formula is C10H9ClF2N2. The number of nitriles is 1. The van der Waals surface area contributed by atoms with Crippen molar-refractivity contribution in [2.45, 2.75) is 25.7 Å². The monoisotopic (exact) mass is 230 g/mol. The van der Waals surface area contributed by atoms with Crippen LogP contribution < -0.4 is 0 Å². The fraction of sp³-hybridized carbons (Fsp3) is 0.400. The van der Waals surface area contributed by atoms with E-state index in [1.54, 1.807) is 6.92 Å². The number of aromatic nitrogens is 1. The van der Waals surface area contributed by atoms with Gasteiger partial charge in [0.1, 0.15) is 0 Å². The van der Waals surface area contributed by atoms with Gasteiger partial charge in [-0.3, -0.25) is 4.98 Å². The lowest BCUT2D eigenvalue weighted by atomic mass is 10.0. The molecule has 0 atom stereocenters. The maximum Gasteiger partial charge on any atom is 0.265 e. The lowest BCUT2D eigenvalue weighted by Crippen LogP contribution is -2.03. The van der Waals surface area contributed by atoms with Gasteiger partial charge in [0, 0.05) is 17.6 Å². The second-order valence-electron chi connectivity index (χ2n) is 3.03. The van der Waals surface area contributed by atoms with Crippen molar-refractivity contribution in [3.63, 3.8) is 0 Å². The van der Waals surface area contributed by atoms with Crippen LogP contribution in [-0.4, -0.2) is 4.98 Å². The molecule has 5 heteroatoms. The topological polar surface area (TPSA) is 36.7 Å². The van der Waals surface area contributed by atoms with Crippen LogP contribution >= 0.6 is 11.6 Å². The summed E-state index contributed by atoms with van der Waals surface area (Å²) in [6.07, 6.45) is -1.37. The standard InChI is InChI=1S/C10H9ClF2N2/c1-6-7(4-11)8(10(12)13)5-15-9(6)2-3-14/h5,10H,2,4H2,1H3. The minimum Gasteiger partial charge on any atom is -0.259 e. The van der Waals surface area contributed by atoms with E-state index < -0.39 is 6.43 Å². The van der Waals surface area contributed by atoms with Gasteiger partial charge in [0.15, 0.2) is 0 Å². The number of hydrogen-bond donors (Lipinski definition) is 0. The quantitative estimate of drug-likeness (QED) is 0.748. The number of halogens is 3. The van der Waals surface area contributed by atoms with Gasteiger partial charge in [-0.15, -0.1) is 11.6 Å². The maximum absolute atomic E-state index is 12.5. The molecule has 2 nitrogen and oxygen atoms in total. The van der Waals surface area contributed by atoms with Crippen LogP contribution in [0.15, 0.2) is 6.20 Å². The summed E-state index contributed by atoms with van der Waals surface area (Å²) in [5.41, 5.74) is 1.33. The van der Waals surface area contributed by atoms with Crippen LogP contribution in [-0.2, 0) is 12.3 Å². The average molecular weight is 231 g/mol. The van der Waals surface area contributed by atoms with Crippen LogP contribution in [0.1, 0.15) is 28.8 Å². The summed E-state index contributed by atoms with van der Waals surface area (Å²) in [5, 5.41) is 8.52. The third kappa shape index (κ3) is 2.42. The molecule has 0 radical (unpaired) electrons. The highest BCUT2D eigenvalue weighted by Crippen LogP contribution is 2.27. The van der Waals surface area contributed by atoms with E-state index in [1.165, 1.54) is 0 Å². The molecule has 0 saturated carbocycles. The number of nitrogens with zero attached hydrogens (tertiary/aromatic N) is 2. The highest BCUT2D eigenvalue weighted by molar-refractivity contribution is 6.17. The van der Waals surface area contributed by atoms with E-state index in [9.17, 15) is 8.78 Å². The van der Waals surface area contributed by atoms with Crippen molar-refractivity contribution in [3.8, 4) is 6.07 Å². The first-order valence-corrected chi connectivity index (χ1v) is 4.83. The molecule has 0 spiro atoms. The van der Waals surface area contributed by atoms with Crippen molar-refractivity contribution in [1.82, 2.24) is 4.98 Å². The first-order chi connectivity index (χ1) is 7.11. The van der Waals surface area contributed by atoms with Crippen molar-refractivity contribution >= 4 is 11.6 Å². The largest absolute Gasteiger partial charge is 0.265 e. The van der Waals surface area contributed by atoms with Gasteiger partial charge < -0.3 is 0 Å². The maximum atomic E-state index is 12.5. The zero-order valence-corrected chi connectivity index (χ0v) is 8.85. The molecule has 0 aliphatic rings. The summed E-state index contributed by atoms with van der Waals surface area (Å²) in [7, 11) is 0. The molecule has 0 aliphatic carbocycles. The van der Waals surface area contributed by atoms with E-state index in [4.69, 9.17) is 16.9 Å². The molecule has 1 aromatic rings. The Morgan fingerprint density at radius 3 is 2.73 bits per heavy atom. The van der Waals surface area contributed by atoms with E-state index in [0.29, 0.717) is 16.8 Å². The Kier molecular flexibility index (Phi) is 3.98. The first kappa shape index (κ1) is 11.9. The lowest BCUT2D eigenvalue weighted by Gasteiger charge is -2.11. The Morgan fingerprint density at radius 1 is 1.60 bits per heavy atom. The molecule has 0 aromatic carbocycles.